The molecule has 1 N–H and O–H groups in total. The number of allylic oxidation sites excluding steroid dienone is 4. The number of esters is 2. The van der Waals surface area contributed by atoms with Crippen LogP contribution in [0.15, 0.2) is 76.5 Å². The van der Waals surface area contributed by atoms with E-state index >= 15 is 0 Å². The first-order valence-corrected chi connectivity index (χ1v) is 19.9. The van der Waals surface area contributed by atoms with E-state index in [2.05, 4.69) is 23.2 Å². The van der Waals surface area contributed by atoms with E-state index in [0.717, 1.165) is 17.6 Å². The second-order valence-electron chi connectivity index (χ2n) is 17.1. The van der Waals surface area contributed by atoms with Crippen molar-refractivity contribution in [1.82, 2.24) is 0 Å². The zero-order valence-electron chi connectivity index (χ0n) is 32.6. The largest absolute Gasteiger partial charge is 0.458 e. The molecule has 0 spiro atoms. The van der Waals surface area contributed by atoms with Gasteiger partial charge in [0.05, 0.1) is 23.6 Å². The highest BCUT2D eigenvalue weighted by molar-refractivity contribution is 5.95. The number of nitrogens with zero attached hydrogens (tertiary/aromatic N) is 2. The van der Waals surface area contributed by atoms with E-state index in [4.69, 9.17) is 23.7 Å². The minimum atomic E-state index is -1.38. The van der Waals surface area contributed by atoms with Crippen LogP contribution in [-0.4, -0.2) is 65.1 Å². The number of aryl methyl sites for hydroxylation is 1. The number of carbonyl (C=O) groups excluding carboxylic acids is 4. The van der Waals surface area contributed by atoms with E-state index in [0.29, 0.717) is 49.2 Å². The van der Waals surface area contributed by atoms with E-state index < -0.39 is 59.3 Å². The number of hydrogen-bond donors (Lipinski definition) is 1. The van der Waals surface area contributed by atoms with Crippen LogP contribution in [0.2, 0.25) is 0 Å². The van der Waals surface area contributed by atoms with Crippen LogP contribution < -0.4 is 4.74 Å². The number of ketones is 2. The number of benzene rings is 2. The molecule has 4 aliphatic carbocycles. The normalized spacial score (nSPS) is 35.0. The lowest BCUT2D eigenvalue weighted by atomic mass is 9.47. The molecule has 0 bridgehead atoms. The Morgan fingerprint density at radius 3 is 2.64 bits per heavy atom. The molecule has 2 aliphatic heterocycles. The minimum Gasteiger partial charge on any atom is -0.458 e. The molecule has 8 unspecified atom stereocenters. The SMILES string of the molecule is CCCC1OC2CC3C4CC=C5CC(=O)C=CC5(C)C4C(O)CC3(C)[C@]2(C(=O)COC(=O)CCc2ccccc2N=Nc2ccc3c(c2)C(=O)OC(C)(C)O3)O1. The van der Waals surface area contributed by atoms with Crippen LogP contribution in [0.5, 0.6) is 5.75 Å². The van der Waals surface area contributed by atoms with E-state index in [1.165, 1.54) is 0 Å². The summed E-state index contributed by atoms with van der Waals surface area (Å²) in [6, 6.07) is 12.2. The van der Waals surface area contributed by atoms with Gasteiger partial charge in [0, 0.05) is 43.4 Å². The molecule has 296 valence electrons. The molecule has 56 heavy (non-hydrogen) atoms. The van der Waals surface area contributed by atoms with Gasteiger partial charge in [0.1, 0.15) is 11.3 Å². The maximum Gasteiger partial charge on any atom is 0.345 e. The standard InChI is InChI=1S/C44H50N2O10/c1-6-9-38-53-36-22-31-29-15-13-26-20-28(47)18-19-42(26,4)39(29)33(48)23-43(31,5)44(36,55-38)35(49)24-52-37(50)17-12-25-10-7-8-11-32(25)46-45-27-14-16-34-30(21-27)40(51)56-41(2,3)54-34/h7-8,10-11,13-14,16,18-19,21,29,31,33,36,38-39,48H,6,9,12,15,17,20,22-24H2,1-5H3/t29?,31?,33?,36?,38?,39?,42?,43?,44-/m1/s1. The van der Waals surface area contributed by atoms with Gasteiger partial charge in [-0.3, -0.25) is 14.4 Å². The summed E-state index contributed by atoms with van der Waals surface area (Å²) in [6.45, 7) is 9.05. The second-order valence-corrected chi connectivity index (χ2v) is 17.1. The van der Waals surface area contributed by atoms with Crippen LogP contribution >= 0.6 is 0 Å². The van der Waals surface area contributed by atoms with Crippen LogP contribution in [0.3, 0.4) is 0 Å². The summed E-state index contributed by atoms with van der Waals surface area (Å²) in [5.41, 5.74) is 0.450. The number of aliphatic hydroxyl groups is 1. The van der Waals surface area contributed by atoms with Gasteiger partial charge < -0.3 is 28.8 Å². The Bertz CT molecular complexity index is 2060. The van der Waals surface area contributed by atoms with Gasteiger partial charge in [-0.15, -0.1) is 0 Å². The molecule has 9 atom stereocenters. The first kappa shape index (κ1) is 38.4. The first-order valence-electron chi connectivity index (χ1n) is 19.9. The quantitative estimate of drug-likeness (QED) is 0.145. The van der Waals surface area contributed by atoms with Crippen molar-refractivity contribution in [2.24, 2.45) is 38.8 Å². The summed E-state index contributed by atoms with van der Waals surface area (Å²) >= 11 is 0. The molecule has 1 saturated heterocycles. The highest BCUT2D eigenvalue weighted by Gasteiger charge is 2.75. The maximum atomic E-state index is 14.6. The van der Waals surface area contributed by atoms with Crippen LogP contribution in [-0.2, 0) is 39.8 Å². The van der Waals surface area contributed by atoms with Gasteiger partial charge in [-0.1, -0.05) is 63.1 Å². The molecule has 2 heterocycles. The monoisotopic (exact) mass is 766 g/mol. The zero-order chi connectivity index (χ0) is 39.6. The molecular formula is C44H50N2O10. The molecule has 2 saturated carbocycles. The van der Waals surface area contributed by atoms with Gasteiger partial charge in [0.15, 0.2) is 24.3 Å². The third kappa shape index (κ3) is 6.34. The third-order valence-corrected chi connectivity index (χ3v) is 13.3. The maximum absolute atomic E-state index is 14.6. The highest BCUT2D eigenvalue weighted by atomic mass is 16.7. The number of cyclic esters (lactones) is 1. The minimum absolute atomic E-state index is 0.00446. The van der Waals surface area contributed by atoms with Crippen molar-refractivity contribution in [1.29, 1.82) is 0 Å². The number of rotatable bonds is 10. The smallest absolute Gasteiger partial charge is 0.345 e. The zero-order valence-corrected chi connectivity index (χ0v) is 32.6. The molecule has 12 nitrogen and oxygen atoms in total. The van der Waals surface area contributed by atoms with E-state index in [1.54, 1.807) is 44.2 Å². The topological polar surface area (TPSA) is 159 Å². The molecule has 0 amide bonds. The Labute approximate surface area is 326 Å². The lowest BCUT2D eigenvalue weighted by Gasteiger charge is -2.59. The van der Waals surface area contributed by atoms with Gasteiger partial charge in [0.2, 0.25) is 11.6 Å². The molecule has 2 aromatic rings. The van der Waals surface area contributed by atoms with Gasteiger partial charge in [-0.2, -0.15) is 10.2 Å². The number of hydrogen-bond acceptors (Lipinski definition) is 12. The Hall–Kier alpha value is -4.52. The van der Waals surface area contributed by atoms with Crippen molar-refractivity contribution < 1.29 is 48.0 Å². The van der Waals surface area contributed by atoms with Crippen molar-refractivity contribution in [3.8, 4) is 5.75 Å². The summed E-state index contributed by atoms with van der Waals surface area (Å²) in [6.07, 6.45) is 7.65. The Balaban J connectivity index is 0.954. The molecular weight excluding hydrogens is 716 g/mol. The van der Waals surface area contributed by atoms with Gasteiger partial charge in [0.25, 0.3) is 0 Å². The number of fused-ring (bicyclic) bond motifs is 8. The average molecular weight is 767 g/mol. The average Bonchev–Trinajstić information content (AvgIpc) is 3.64. The number of aliphatic hydroxyl groups excluding tert-OH is 1. The van der Waals surface area contributed by atoms with Gasteiger partial charge in [-0.05, 0) is 79.8 Å². The number of azo groups is 1. The fourth-order valence-electron chi connectivity index (χ4n) is 10.8. The predicted molar refractivity (Wildman–Crippen MR) is 202 cm³/mol. The number of ether oxygens (including phenoxy) is 5. The third-order valence-electron chi connectivity index (χ3n) is 13.3. The summed E-state index contributed by atoms with van der Waals surface area (Å²) in [5.74, 6) is -2.03. The van der Waals surface area contributed by atoms with Crippen LogP contribution in [0.4, 0.5) is 11.4 Å². The van der Waals surface area contributed by atoms with Crippen molar-refractivity contribution in [3.05, 3.63) is 77.4 Å². The van der Waals surface area contributed by atoms with E-state index in [1.807, 2.05) is 38.1 Å². The van der Waals surface area contributed by atoms with Crippen molar-refractivity contribution >= 4 is 34.9 Å². The summed E-state index contributed by atoms with van der Waals surface area (Å²) < 4.78 is 30.0. The van der Waals surface area contributed by atoms with E-state index in [9.17, 15) is 24.3 Å². The molecule has 3 fully saturated rings. The number of carbonyl (C=O) groups is 4. The van der Waals surface area contributed by atoms with Crippen LogP contribution in [0.25, 0.3) is 0 Å². The number of Topliss-reactive ketones (excluding diaryl/α,β-unsaturated/α-hetero) is 1. The van der Waals surface area contributed by atoms with Crippen molar-refractivity contribution in [2.75, 3.05) is 6.61 Å². The Morgan fingerprint density at radius 1 is 1.04 bits per heavy atom. The second kappa shape index (κ2) is 14.1. The van der Waals surface area contributed by atoms with E-state index in [-0.39, 0.29) is 47.7 Å². The molecule has 0 aromatic heterocycles. The summed E-state index contributed by atoms with van der Waals surface area (Å²) in [5, 5.41) is 20.7. The Morgan fingerprint density at radius 2 is 1.84 bits per heavy atom. The first-order chi connectivity index (χ1) is 26.7. The molecule has 2 aromatic carbocycles. The molecule has 12 heteroatoms. The molecule has 0 radical (unpaired) electrons. The Kier molecular flexibility index (Phi) is 9.69. The van der Waals surface area contributed by atoms with Crippen LogP contribution in [0.1, 0.15) is 95.5 Å². The van der Waals surface area contributed by atoms with Gasteiger partial charge in [-0.25, -0.2) is 4.79 Å². The fourth-order valence-corrected chi connectivity index (χ4v) is 10.8. The predicted octanol–water partition coefficient (Wildman–Crippen LogP) is 7.60. The lowest BCUT2D eigenvalue weighted by molar-refractivity contribution is -0.199. The summed E-state index contributed by atoms with van der Waals surface area (Å²) in [7, 11) is 0. The lowest BCUT2D eigenvalue weighted by Crippen LogP contribution is -2.63. The van der Waals surface area contributed by atoms with Crippen LogP contribution in [0, 0.1) is 28.6 Å². The fraction of sp³-hybridized carbons (Fsp3) is 0.545. The van der Waals surface area contributed by atoms with Gasteiger partial charge >= 0.3 is 11.9 Å². The molecule has 8 rings (SSSR count). The molecule has 6 aliphatic rings. The van der Waals surface area contributed by atoms with Crippen molar-refractivity contribution in [2.45, 2.75) is 116 Å². The summed E-state index contributed by atoms with van der Waals surface area (Å²) in [4.78, 5) is 52.7. The highest BCUT2D eigenvalue weighted by Crippen LogP contribution is 2.69. The van der Waals surface area contributed by atoms with Crippen molar-refractivity contribution in [3.63, 3.8) is 0 Å².